The Kier molecular flexibility index (Phi) is 3.98. The molecular formula is C9H20N2O. The fourth-order valence-corrected chi connectivity index (χ4v) is 1.72. The van der Waals surface area contributed by atoms with Crippen LogP contribution in [-0.4, -0.2) is 48.3 Å². The highest BCUT2D eigenvalue weighted by Crippen LogP contribution is 2.04. The minimum Gasteiger partial charge on any atom is -0.395 e. The summed E-state index contributed by atoms with van der Waals surface area (Å²) in [7, 11) is 0. The molecule has 2 N–H and O–H groups in total. The largest absolute Gasteiger partial charge is 0.395 e. The molecule has 0 aromatic rings. The van der Waals surface area contributed by atoms with Crippen molar-refractivity contribution in [1.82, 2.24) is 10.2 Å². The highest BCUT2D eigenvalue weighted by Gasteiger charge is 2.18. The summed E-state index contributed by atoms with van der Waals surface area (Å²) in [5.74, 6) is 0. The first kappa shape index (κ1) is 9.96. The molecule has 0 amide bonds. The van der Waals surface area contributed by atoms with Crippen molar-refractivity contribution in [3.8, 4) is 0 Å². The van der Waals surface area contributed by atoms with E-state index >= 15 is 0 Å². The van der Waals surface area contributed by atoms with E-state index < -0.39 is 0 Å². The summed E-state index contributed by atoms with van der Waals surface area (Å²) in [6, 6.07) is 0.807. The fourth-order valence-electron chi connectivity index (χ4n) is 1.72. The van der Waals surface area contributed by atoms with Crippen molar-refractivity contribution in [2.24, 2.45) is 0 Å². The third-order valence-corrected chi connectivity index (χ3v) is 2.54. The highest BCUT2D eigenvalue weighted by molar-refractivity contribution is 4.79. The maximum absolute atomic E-state index is 9.06. The summed E-state index contributed by atoms with van der Waals surface area (Å²) in [5, 5.41) is 12.5. The lowest BCUT2D eigenvalue weighted by Gasteiger charge is -2.21. The molecule has 1 fully saturated rings. The zero-order valence-corrected chi connectivity index (χ0v) is 8.08. The van der Waals surface area contributed by atoms with Gasteiger partial charge in [0.1, 0.15) is 0 Å². The van der Waals surface area contributed by atoms with Gasteiger partial charge in [-0.05, 0) is 26.4 Å². The molecule has 3 nitrogen and oxygen atoms in total. The Labute approximate surface area is 74.8 Å². The summed E-state index contributed by atoms with van der Waals surface area (Å²) in [5.41, 5.74) is 0. The summed E-state index contributed by atoms with van der Waals surface area (Å²) in [6.45, 7) is 7.83. The third-order valence-electron chi connectivity index (χ3n) is 2.54. The predicted molar refractivity (Wildman–Crippen MR) is 50.2 cm³/mol. The monoisotopic (exact) mass is 172 g/mol. The minimum absolute atomic E-state index is 0.251. The van der Waals surface area contributed by atoms with Crippen LogP contribution in [0.4, 0.5) is 0 Å². The van der Waals surface area contributed by atoms with E-state index in [0.29, 0.717) is 6.04 Å². The molecule has 1 saturated heterocycles. The molecule has 72 valence electrons. The summed E-state index contributed by atoms with van der Waals surface area (Å²) in [4.78, 5) is 2.39. The Hall–Kier alpha value is -0.120. The smallest absolute Gasteiger partial charge is 0.0597 e. The molecule has 0 aromatic heterocycles. The van der Waals surface area contributed by atoms with E-state index in [9.17, 15) is 0 Å². The van der Waals surface area contributed by atoms with E-state index in [0.717, 1.165) is 19.6 Å². The van der Waals surface area contributed by atoms with Crippen LogP contribution in [0.3, 0.4) is 0 Å². The zero-order chi connectivity index (χ0) is 8.97. The summed E-state index contributed by atoms with van der Waals surface area (Å²) < 4.78 is 0. The van der Waals surface area contributed by atoms with Gasteiger partial charge in [-0.25, -0.2) is 0 Å². The van der Waals surface area contributed by atoms with Crippen LogP contribution in [0.5, 0.6) is 0 Å². The van der Waals surface area contributed by atoms with Gasteiger partial charge in [0.25, 0.3) is 0 Å². The average Bonchev–Trinajstić information content (AvgIpc) is 2.26. The second-order valence-corrected chi connectivity index (χ2v) is 3.63. The standard InChI is InChI=1S/C9H20N2O/c1-3-11-5-4-8(2)10-9(6-11)7-12/h8-10,12H,3-7H2,1-2H3. The van der Waals surface area contributed by atoms with Gasteiger partial charge < -0.3 is 15.3 Å². The molecule has 1 heterocycles. The average molecular weight is 172 g/mol. The summed E-state index contributed by atoms with van der Waals surface area (Å²) in [6.07, 6.45) is 1.18. The number of nitrogens with one attached hydrogen (secondary N) is 1. The van der Waals surface area contributed by atoms with Gasteiger partial charge in [-0.2, -0.15) is 0 Å². The van der Waals surface area contributed by atoms with Gasteiger partial charge in [0, 0.05) is 18.6 Å². The molecule has 1 aliphatic rings. The predicted octanol–water partition coefficient (Wildman–Crippen LogP) is 0.0510. The Morgan fingerprint density at radius 1 is 1.58 bits per heavy atom. The number of hydrogen-bond acceptors (Lipinski definition) is 3. The maximum atomic E-state index is 9.06. The normalized spacial score (nSPS) is 33.2. The minimum atomic E-state index is 0.251. The Bertz CT molecular complexity index is 130. The van der Waals surface area contributed by atoms with Gasteiger partial charge in [-0.3, -0.25) is 0 Å². The first-order valence-corrected chi connectivity index (χ1v) is 4.85. The lowest BCUT2D eigenvalue weighted by Crippen LogP contribution is -2.42. The topological polar surface area (TPSA) is 35.5 Å². The maximum Gasteiger partial charge on any atom is 0.0597 e. The number of aliphatic hydroxyl groups excluding tert-OH is 1. The van der Waals surface area contributed by atoms with Gasteiger partial charge >= 0.3 is 0 Å². The van der Waals surface area contributed by atoms with Crippen LogP contribution in [0, 0.1) is 0 Å². The van der Waals surface area contributed by atoms with Crippen LogP contribution < -0.4 is 5.32 Å². The van der Waals surface area contributed by atoms with Crippen molar-refractivity contribution in [3.63, 3.8) is 0 Å². The van der Waals surface area contributed by atoms with E-state index in [-0.39, 0.29) is 12.6 Å². The van der Waals surface area contributed by atoms with Gasteiger partial charge in [-0.1, -0.05) is 6.92 Å². The van der Waals surface area contributed by atoms with E-state index in [1.54, 1.807) is 0 Å². The molecule has 0 aliphatic carbocycles. The van der Waals surface area contributed by atoms with E-state index in [1.165, 1.54) is 6.42 Å². The molecule has 1 rings (SSSR count). The van der Waals surface area contributed by atoms with E-state index in [1.807, 2.05) is 0 Å². The third kappa shape index (κ3) is 2.73. The molecule has 0 aromatic carbocycles. The second kappa shape index (κ2) is 4.80. The van der Waals surface area contributed by atoms with Gasteiger partial charge in [0.2, 0.25) is 0 Å². The van der Waals surface area contributed by atoms with Gasteiger partial charge in [-0.15, -0.1) is 0 Å². The number of likely N-dealkylation sites (N-methyl/N-ethyl adjacent to an activating group) is 1. The molecule has 3 heteroatoms. The number of aliphatic hydroxyl groups is 1. The van der Waals surface area contributed by atoms with Crippen molar-refractivity contribution >= 4 is 0 Å². The van der Waals surface area contributed by atoms with Crippen LogP contribution in [0.2, 0.25) is 0 Å². The van der Waals surface area contributed by atoms with Crippen LogP contribution >= 0.6 is 0 Å². The van der Waals surface area contributed by atoms with Crippen molar-refractivity contribution in [2.75, 3.05) is 26.2 Å². The SMILES string of the molecule is CCN1CCC(C)NC(CO)C1. The molecule has 0 spiro atoms. The molecule has 12 heavy (non-hydrogen) atoms. The molecule has 0 bridgehead atoms. The first-order chi connectivity index (χ1) is 5.76. The Morgan fingerprint density at radius 3 is 2.92 bits per heavy atom. The lowest BCUT2D eigenvalue weighted by atomic mass is 10.2. The van der Waals surface area contributed by atoms with Crippen LogP contribution in [0.25, 0.3) is 0 Å². The van der Waals surface area contributed by atoms with Gasteiger partial charge in [0.15, 0.2) is 0 Å². The van der Waals surface area contributed by atoms with E-state index in [4.69, 9.17) is 5.11 Å². The fraction of sp³-hybridized carbons (Fsp3) is 1.00. The zero-order valence-electron chi connectivity index (χ0n) is 8.08. The molecular weight excluding hydrogens is 152 g/mol. The molecule has 0 radical (unpaired) electrons. The molecule has 1 aliphatic heterocycles. The lowest BCUT2D eigenvalue weighted by molar-refractivity contribution is 0.202. The van der Waals surface area contributed by atoms with Gasteiger partial charge in [0.05, 0.1) is 6.61 Å². The number of hydrogen-bond donors (Lipinski definition) is 2. The summed E-state index contributed by atoms with van der Waals surface area (Å²) >= 11 is 0. The van der Waals surface area contributed by atoms with Crippen molar-refractivity contribution in [3.05, 3.63) is 0 Å². The molecule has 2 atom stereocenters. The van der Waals surface area contributed by atoms with Crippen molar-refractivity contribution in [1.29, 1.82) is 0 Å². The Balaban J connectivity index is 2.43. The van der Waals surface area contributed by atoms with Crippen LogP contribution in [0.15, 0.2) is 0 Å². The number of nitrogens with zero attached hydrogens (tertiary/aromatic N) is 1. The quantitative estimate of drug-likeness (QED) is 0.618. The van der Waals surface area contributed by atoms with Crippen LogP contribution in [-0.2, 0) is 0 Å². The Morgan fingerprint density at radius 2 is 2.33 bits per heavy atom. The second-order valence-electron chi connectivity index (χ2n) is 3.63. The first-order valence-electron chi connectivity index (χ1n) is 4.85. The van der Waals surface area contributed by atoms with E-state index in [2.05, 4.69) is 24.1 Å². The van der Waals surface area contributed by atoms with Crippen LogP contribution in [0.1, 0.15) is 20.3 Å². The molecule has 2 unspecified atom stereocenters. The van der Waals surface area contributed by atoms with Crippen molar-refractivity contribution < 1.29 is 5.11 Å². The number of rotatable bonds is 2. The highest BCUT2D eigenvalue weighted by atomic mass is 16.3. The molecule has 0 saturated carbocycles. The van der Waals surface area contributed by atoms with Crippen molar-refractivity contribution in [2.45, 2.75) is 32.4 Å².